The number of carbonyl (C=O) groups excluding carboxylic acids is 1. The second-order valence-electron chi connectivity index (χ2n) is 6.56. The molecule has 140 valence electrons. The third-order valence-electron chi connectivity index (χ3n) is 4.54. The summed E-state index contributed by atoms with van der Waals surface area (Å²) < 4.78 is 3.30. The summed E-state index contributed by atoms with van der Waals surface area (Å²) in [5.41, 5.74) is 9.80. The van der Waals surface area contributed by atoms with E-state index >= 15 is 0 Å². The highest BCUT2D eigenvalue weighted by Crippen LogP contribution is 2.35. The van der Waals surface area contributed by atoms with E-state index in [-0.39, 0.29) is 11.3 Å². The van der Waals surface area contributed by atoms with E-state index in [1.165, 1.54) is 6.08 Å². The molecule has 0 spiro atoms. The lowest BCUT2D eigenvalue weighted by atomic mass is 9.99. The highest BCUT2D eigenvalue weighted by molar-refractivity contribution is 6.27. The monoisotopic (exact) mass is 373 g/mol. The van der Waals surface area contributed by atoms with Gasteiger partial charge in [-0.3, -0.25) is 14.2 Å². The van der Waals surface area contributed by atoms with Crippen LogP contribution in [0.4, 0.5) is 0 Å². The largest absolute Gasteiger partial charge is 0.366 e. The van der Waals surface area contributed by atoms with Crippen LogP contribution in [-0.4, -0.2) is 36.2 Å². The maximum atomic E-state index is 12.3. The molecule has 28 heavy (non-hydrogen) atoms. The molecule has 8 nitrogen and oxygen atoms in total. The summed E-state index contributed by atoms with van der Waals surface area (Å²) in [5.74, 6) is -0.620. The third-order valence-corrected chi connectivity index (χ3v) is 4.54. The molecule has 0 fully saturated rings. The molecule has 0 aliphatic rings. The first kappa shape index (κ1) is 17.5. The van der Waals surface area contributed by atoms with Gasteiger partial charge in [0.1, 0.15) is 0 Å². The van der Waals surface area contributed by atoms with Crippen LogP contribution in [0.3, 0.4) is 0 Å². The standard InChI is InChI=1S/C20H19N7O/c1-26-10-12(8-23-26)16(21)7-15(20(22)28)19-18(13-9-24-27(2)11-13)14-5-3-4-6-17(14)25-19/h3-11,21,25H,1-2H3,(H2,22,28)/b15-7-,21-16?. The number of nitrogens with one attached hydrogen (secondary N) is 2. The molecule has 0 aliphatic heterocycles. The van der Waals surface area contributed by atoms with Crippen molar-refractivity contribution in [3.05, 3.63) is 66.4 Å². The van der Waals surface area contributed by atoms with Crippen LogP contribution in [0.25, 0.3) is 27.6 Å². The number of nitrogens with two attached hydrogens (primary N) is 1. The zero-order valence-corrected chi connectivity index (χ0v) is 15.5. The van der Waals surface area contributed by atoms with Crippen molar-refractivity contribution < 1.29 is 4.79 Å². The average molecular weight is 373 g/mol. The van der Waals surface area contributed by atoms with Gasteiger partial charge in [-0.25, -0.2) is 0 Å². The van der Waals surface area contributed by atoms with E-state index in [1.807, 2.05) is 37.5 Å². The summed E-state index contributed by atoms with van der Waals surface area (Å²) in [4.78, 5) is 15.6. The zero-order chi connectivity index (χ0) is 19.8. The quantitative estimate of drug-likeness (QED) is 0.368. The summed E-state index contributed by atoms with van der Waals surface area (Å²) >= 11 is 0. The molecule has 0 radical (unpaired) electrons. The third kappa shape index (κ3) is 3.01. The predicted octanol–water partition coefficient (Wildman–Crippen LogP) is 2.24. The van der Waals surface area contributed by atoms with Gasteiger partial charge in [0.05, 0.1) is 29.4 Å². The van der Waals surface area contributed by atoms with Crippen molar-refractivity contribution in [3.8, 4) is 11.1 Å². The normalized spacial score (nSPS) is 11.9. The molecule has 4 aromatic rings. The number of allylic oxidation sites excluding steroid dienone is 1. The van der Waals surface area contributed by atoms with Crippen LogP contribution in [0.2, 0.25) is 0 Å². The van der Waals surface area contributed by atoms with E-state index in [1.54, 1.807) is 35.0 Å². The van der Waals surface area contributed by atoms with Crippen molar-refractivity contribution in [2.45, 2.75) is 0 Å². The van der Waals surface area contributed by atoms with Gasteiger partial charge in [0.2, 0.25) is 0 Å². The van der Waals surface area contributed by atoms with Gasteiger partial charge < -0.3 is 16.1 Å². The van der Waals surface area contributed by atoms with Crippen LogP contribution >= 0.6 is 0 Å². The van der Waals surface area contributed by atoms with Crippen molar-refractivity contribution in [2.24, 2.45) is 19.8 Å². The van der Waals surface area contributed by atoms with Crippen molar-refractivity contribution >= 4 is 28.1 Å². The minimum atomic E-state index is -0.620. The Kier molecular flexibility index (Phi) is 4.15. The second kappa shape index (κ2) is 6.66. The number of aromatic nitrogens is 5. The smallest absolute Gasteiger partial charge is 0.250 e. The lowest BCUT2D eigenvalue weighted by Gasteiger charge is -2.06. The Balaban J connectivity index is 1.93. The molecule has 4 rings (SSSR count). The van der Waals surface area contributed by atoms with Gasteiger partial charge >= 0.3 is 0 Å². The number of para-hydroxylation sites is 1. The summed E-state index contributed by atoms with van der Waals surface area (Å²) in [5, 5.41) is 17.6. The fourth-order valence-electron chi connectivity index (χ4n) is 3.25. The van der Waals surface area contributed by atoms with E-state index in [0.29, 0.717) is 11.3 Å². The molecule has 0 saturated heterocycles. The van der Waals surface area contributed by atoms with E-state index < -0.39 is 5.91 Å². The Morgan fingerprint density at radius 1 is 1.14 bits per heavy atom. The van der Waals surface area contributed by atoms with Crippen molar-refractivity contribution in [2.75, 3.05) is 0 Å². The number of hydrogen-bond donors (Lipinski definition) is 3. The number of benzene rings is 1. The molecule has 0 aliphatic carbocycles. The lowest BCUT2D eigenvalue weighted by Crippen LogP contribution is -2.15. The Morgan fingerprint density at radius 3 is 2.50 bits per heavy atom. The first-order valence-corrected chi connectivity index (χ1v) is 8.63. The highest BCUT2D eigenvalue weighted by atomic mass is 16.1. The molecule has 3 heterocycles. The van der Waals surface area contributed by atoms with E-state index in [2.05, 4.69) is 15.2 Å². The van der Waals surface area contributed by atoms with Crippen molar-refractivity contribution in [1.82, 2.24) is 24.5 Å². The molecule has 3 aromatic heterocycles. The van der Waals surface area contributed by atoms with Gasteiger partial charge in [-0.2, -0.15) is 10.2 Å². The van der Waals surface area contributed by atoms with Crippen LogP contribution < -0.4 is 5.73 Å². The van der Waals surface area contributed by atoms with Crippen molar-refractivity contribution in [1.29, 1.82) is 5.41 Å². The number of fused-ring (bicyclic) bond motifs is 1. The molecule has 0 bridgehead atoms. The minimum absolute atomic E-state index is 0.151. The average Bonchev–Trinajstić information content (AvgIpc) is 3.37. The van der Waals surface area contributed by atoms with Gasteiger partial charge in [-0.05, 0) is 12.1 Å². The molecular formula is C20H19N7O. The molecule has 0 atom stereocenters. The zero-order valence-electron chi connectivity index (χ0n) is 15.5. The summed E-state index contributed by atoms with van der Waals surface area (Å²) in [6.07, 6.45) is 8.38. The molecule has 4 N–H and O–H groups in total. The number of H-pyrrole nitrogens is 1. The molecule has 8 heteroatoms. The van der Waals surface area contributed by atoms with Gasteiger partial charge in [-0.15, -0.1) is 0 Å². The van der Waals surface area contributed by atoms with Crippen LogP contribution in [-0.2, 0) is 18.9 Å². The number of amides is 1. The highest BCUT2D eigenvalue weighted by Gasteiger charge is 2.21. The van der Waals surface area contributed by atoms with Crippen molar-refractivity contribution in [3.63, 3.8) is 0 Å². The van der Waals surface area contributed by atoms with Crippen LogP contribution in [0.5, 0.6) is 0 Å². The number of hydrogen-bond acceptors (Lipinski definition) is 4. The van der Waals surface area contributed by atoms with Crippen LogP contribution in [0, 0.1) is 5.41 Å². The second-order valence-corrected chi connectivity index (χ2v) is 6.56. The van der Waals surface area contributed by atoms with E-state index in [4.69, 9.17) is 11.1 Å². The number of rotatable bonds is 5. The fourth-order valence-corrected chi connectivity index (χ4v) is 3.25. The first-order valence-electron chi connectivity index (χ1n) is 8.63. The van der Waals surface area contributed by atoms with Gasteiger partial charge in [-0.1, -0.05) is 18.2 Å². The summed E-state index contributed by atoms with van der Waals surface area (Å²) in [6.45, 7) is 0. The maximum absolute atomic E-state index is 12.3. The Hall–Kier alpha value is -3.94. The minimum Gasteiger partial charge on any atom is -0.366 e. The Labute approximate surface area is 160 Å². The Bertz CT molecular complexity index is 1240. The molecule has 0 unspecified atom stereocenters. The maximum Gasteiger partial charge on any atom is 0.250 e. The number of primary amides is 1. The van der Waals surface area contributed by atoms with E-state index in [0.717, 1.165) is 22.0 Å². The van der Waals surface area contributed by atoms with Gasteiger partial charge in [0.15, 0.2) is 0 Å². The number of aromatic amines is 1. The summed E-state index contributed by atoms with van der Waals surface area (Å²) in [7, 11) is 3.61. The fraction of sp³-hybridized carbons (Fsp3) is 0.100. The Morgan fingerprint density at radius 2 is 1.86 bits per heavy atom. The molecular weight excluding hydrogens is 354 g/mol. The molecule has 1 amide bonds. The number of carbonyl (C=O) groups is 1. The van der Waals surface area contributed by atoms with Gasteiger partial charge in [0, 0.05) is 54.1 Å². The van der Waals surface area contributed by atoms with Gasteiger partial charge in [0.25, 0.3) is 5.91 Å². The van der Waals surface area contributed by atoms with E-state index in [9.17, 15) is 4.79 Å². The first-order chi connectivity index (χ1) is 13.4. The SMILES string of the molecule is Cn1cc(C(=N)/C=C(\C(N)=O)c2[nH]c3ccccc3c2-c2cnn(C)c2)cn1. The topological polar surface area (TPSA) is 118 Å². The summed E-state index contributed by atoms with van der Waals surface area (Å²) in [6, 6.07) is 7.76. The predicted molar refractivity (Wildman–Crippen MR) is 108 cm³/mol. The lowest BCUT2D eigenvalue weighted by molar-refractivity contribution is -0.112. The number of nitrogens with zero attached hydrogens (tertiary/aromatic N) is 4. The molecule has 1 aromatic carbocycles. The number of aryl methyl sites for hydroxylation is 2. The van der Waals surface area contributed by atoms with Crippen LogP contribution in [0.1, 0.15) is 11.3 Å². The molecule has 0 saturated carbocycles. The van der Waals surface area contributed by atoms with Crippen LogP contribution in [0.15, 0.2) is 55.1 Å².